The van der Waals surface area contributed by atoms with E-state index in [9.17, 15) is 0 Å². The van der Waals surface area contributed by atoms with E-state index in [4.69, 9.17) is 0 Å². The number of aliphatic imine (C=N–C) groups is 1. The van der Waals surface area contributed by atoms with Crippen molar-refractivity contribution in [2.45, 2.75) is 24.6 Å². The molecular formula is C16H23IN6S. The summed E-state index contributed by atoms with van der Waals surface area (Å²) in [5.74, 6) is 2.15. The lowest BCUT2D eigenvalue weighted by Crippen LogP contribution is -2.39. The van der Waals surface area contributed by atoms with E-state index in [0.717, 1.165) is 30.0 Å². The van der Waals surface area contributed by atoms with Gasteiger partial charge in [-0.1, -0.05) is 12.1 Å². The van der Waals surface area contributed by atoms with Crippen molar-refractivity contribution < 1.29 is 0 Å². The minimum absolute atomic E-state index is 0. The van der Waals surface area contributed by atoms with Crippen LogP contribution in [0.4, 0.5) is 0 Å². The molecule has 1 aliphatic rings. The van der Waals surface area contributed by atoms with E-state index in [2.05, 4.69) is 49.6 Å². The van der Waals surface area contributed by atoms with Gasteiger partial charge in [-0.2, -0.15) is 16.9 Å². The largest absolute Gasteiger partial charge is 0.355 e. The molecule has 1 aromatic heterocycles. The van der Waals surface area contributed by atoms with Crippen molar-refractivity contribution in [1.82, 2.24) is 25.4 Å². The normalized spacial score (nSPS) is 17.4. The summed E-state index contributed by atoms with van der Waals surface area (Å²) in [5.41, 5.74) is 2.21. The fourth-order valence-electron chi connectivity index (χ4n) is 2.53. The molecule has 0 saturated carbocycles. The van der Waals surface area contributed by atoms with Crippen molar-refractivity contribution in [2.24, 2.45) is 4.99 Å². The molecular weight excluding hydrogens is 435 g/mol. The van der Waals surface area contributed by atoms with Crippen LogP contribution in [0.1, 0.15) is 18.4 Å². The highest BCUT2D eigenvalue weighted by Crippen LogP contribution is 2.25. The van der Waals surface area contributed by atoms with Crippen molar-refractivity contribution in [3.63, 3.8) is 0 Å². The molecule has 6 nitrogen and oxygen atoms in total. The van der Waals surface area contributed by atoms with Crippen LogP contribution in [0.25, 0.3) is 5.69 Å². The lowest BCUT2D eigenvalue weighted by molar-refractivity contribution is 0.726. The number of hydrogen-bond acceptors (Lipinski definition) is 4. The molecule has 1 aromatic carbocycles. The van der Waals surface area contributed by atoms with Crippen LogP contribution in [0, 0.1) is 0 Å². The van der Waals surface area contributed by atoms with Crippen molar-refractivity contribution in [1.29, 1.82) is 0 Å². The predicted octanol–water partition coefficient (Wildman–Crippen LogP) is 2.45. The van der Waals surface area contributed by atoms with Gasteiger partial charge >= 0.3 is 0 Å². The molecule has 130 valence electrons. The molecule has 1 aliphatic heterocycles. The molecule has 1 fully saturated rings. The van der Waals surface area contributed by atoms with Gasteiger partial charge < -0.3 is 10.6 Å². The van der Waals surface area contributed by atoms with Crippen LogP contribution in [0.5, 0.6) is 0 Å². The third-order valence-electron chi connectivity index (χ3n) is 3.82. The van der Waals surface area contributed by atoms with Crippen LogP contribution in [0.3, 0.4) is 0 Å². The number of aromatic nitrogens is 3. The topological polar surface area (TPSA) is 67.1 Å². The van der Waals surface area contributed by atoms with Crippen molar-refractivity contribution in [3.8, 4) is 5.69 Å². The van der Waals surface area contributed by atoms with Crippen molar-refractivity contribution in [2.75, 3.05) is 19.3 Å². The number of halogens is 1. The highest BCUT2D eigenvalue weighted by atomic mass is 127. The van der Waals surface area contributed by atoms with Gasteiger partial charge in [-0.05, 0) is 36.3 Å². The summed E-state index contributed by atoms with van der Waals surface area (Å²) >= 11 is 2.05. The van der Waals surface area contributed by atoms with Gasteiger partial charge in [0.05, 0.1) is 5.69 Å². The standard InChI is InChI=1S/C16H22N6S.HI/c1-17-16(20-10-15-3-2-8-23-15)19-9-13-4-6-14(7-5-13)22-12-18-11-21-22;/h4-7,11-12,15H,2-3,8-10H2,1H3,(H2,17,19,20);1H. The molecule has 2 N–H and O–H groups in total. The van der Waals surface area contributed by atoms with Gasteiger partial charge in [0, 0.05) is 25.4 Å². The minimum atomic E-state index is 0. The molecule has 0 aliphatic carbocycles. The first-order valence-corrected chi connectivity index (χ1v) is 8.90. The van der Waals surface area contributed by atoms with Crippen molar-refractivity contribution >= 4 is 41.7 Å². The maximum Gasteiger partial charge on any atom is 0.191 e. The maximum absolute atomic E-state index is 4.29. The van der Waals surface area contributed by atoms with Crippen LogP contribution in [-0.4, -0.2) is 45.3 Å². The second kappa shape index (κ2) is 9.87. The molecule has 8 heteroatoms. The van der Waals surface area contributed by atoms with Crippen LogP contribution in [0.15, 0.2) is 41.9 Å². The fraction of sp³-hybridized carbons (Fsp3) is 0.438. The zero-order chi connectivity index (χ0) is 15.9. The maximum atomic E-state index is 4.29. The Bertz CT molecular complexity index is 623. The number of guanidine groups is 1. The van der Waals surface area contributed by atoms with Gasteiger partial charge in [0.1, 0.15) is 12.7 Å². The molecule has 3 rings (SSSR count). The second-order valence-corrected chi connectivity index (χ2v) is 6.86. The first-order chi connectivity index (χ1) is 11.3. The number of rotatable bonds is 5. The molecule has 1 saturated heterocycles. The monoisotopic (exact) mass is 458 g/mol. The summed E-state index contributed by atoms with van der Waals surface area (Å²) in [6.07, 6.45) is 5.87. The molecule has 1 unspecified atom stereocenters. The third-order valence-corrected chi connectivity index (χ3v) is 5.22. The average molecular weight is 458 g/mol. The number of nitrogens with one attached hydrogen (secondary N) is 2. The van der Waals surface area contributed by atoms with Gasteiger partial charge in [0.25, 0.3) is 0 Å². The Morgan fingerprint density at radius 1 is 1.33 bits per heavy atom. The van der Waals surface area contributed by atoms with E-state index >= 15 is 0 Å². The summed E-state index contributed by atoms with van der Waals surface area (Å²) in [7, 11) is 1.81. The quantitative estimate of drug-likeness (QED) is 0.410. The van der Waals surface area contributed by atoms with Gasteiger partial charge in [-0.15, -0.1) is 24.0 Å². The first kappa shape index (κ1) is 19.0. The SMILES string of the molecule is CN=C(NCc1ccc(-n2cncn2)cc1)NCC1CCCS1.I. The zero-order valence-corrected chi connectivity index (χ0v) is 16.8. The average Bonchev–Trinajstić information content (AvgIpc) is 3.29. The molecule has 0 radical (unpaired) electrons. The van der Waals surface area contributed by atoms with E-state index in [1.165, 1.54) is 30.5 Å². The predicted molar refractivity (Wildman–Crippen MR) is 110 cm³/mol. The van der Waals surface area contributed by atoms with Gasteiger partial charge in [-0.25, -0.2) is 9.67 Å². The van der Waals surface area contributed by atoms with Gasteiger partial charge in [0.15, 0.2) is 5.96 Å². The molecule has 24 heavy (non-hydrogen) atoms. The van der Waals surface area contributed by atoms with Crippen LogP contribution in [0.2, 0.25) is 0 Å². The minimum Gasteiger partial charge on any atom is -0.355 e. The summed E-state index contributed by atoms with van der Waals surface area (Å²) in [4.78, 5) is 8.24. The smallest absolute Gasteiger partial charge is 0.191 e. The van der Waals surface area contributed by atoms with E-state index in [1.807, 2.05) is 19.2 Å². The number of nitrogens with zero attached hydrogens (tertiary/aromatic N) is 4. The Labute approximate surface area is 163 Å². The second-order valence-electron chi connectivity index (χ2n) is 5.45. The highest BCUT2D eigenvalue weighted by molar-refractivity contribution is 14.0. The molecule has 0 spiro atoms. The van der Waals surface area contributed by atoms with E-state index < -0.39 is 0 Å². The summed E-state index contributed by atoms with van der Waals surface area (Å²) in [5, 5.41) is 11.6. The molecule has 0 amide bonds. The van der Waals surface area contributed by atoms with Gasteiger partial charge in [0.2, 0.25) is 0 Å². The molecule has 0 bridgehead atoms. The number of benzene rings is 1. The lowest BCUT2D eigenvalue weighted by atomic mass is 10.2. The van der Waals surface area contributed by atoms with E-state index in [1.54, 1.807) is 11.0 Å². The highest BCUT2D eigenvalue weighted by Gasteiger charge is 2.15. The summed E-state index contributed by atoms with van der Waals surface area (Å²) in [6, 6.07) is 8.25. The Hall–Kier alpha value is -1.29. The third kappa shape index (κ3) is 5.37. The lowest BCUT2D eigenvalue weighted by Gasteiger charge is -2.15. The first-order valence-electron chi connectivity index (χ1n) is 7.85. The Balaban J connectivity index is 0.00000208. The Morgan fingerprint density at radius 3 is 2.79 bits per heavy atom. The summed E-state index contributed by atoms with van der Waals surface area (Å²) in [6.45, 7) is 1.73. The van der Waals surface area contributed by atoms with Crippen LogP contribution in [-0.2, 0) is 6.54 Å². The van der Waals surface area contributed by atoms with E-state index in [0.29, 0.717) is 0 Å². The van der Waals surface area contributed by atoms with Crippen LogP contribution >= 0.6 is 35.7 Å². The Kier molecular flexibility index (Phi) is 7.83. The molecule has 2 aromatic rings. The van der Waals surface area contributed by atoms with Gasteiger partial charge in [-0.3, -0.25) is 4.99 Å². The zero-order valence-electron chi connectivity index (χ0n) is 13.7. The fourth-order valence-corrected chi connectivity index (χ4v) is 3.73. The van der Waals surface area contributed by atoms with E-state index in [-0.39, 0.29) is 24.0 Å². The Morgan fingerprint density at radius 2 is 2.17 bits per heavy atom. The van der Waals surface area contributed by atoms with Crippen molar-refractivity contribution in [3.05, 3.63) is 42.5 Å². The van der Waals surface area contributed by atoms with Crippen LogP contribution < -0.4 is 10.6 Å². The molecule has 2 heterocycles. The molecule has 1 atom stereocenters. The summed E-state index contributed by atoms with van der Waals surface area (Å²) < 4.78 is 1.75. The number of thioether (sulfide) groups is 1. The number of hydrogen-bond donors (Lipinski definition) is 2.